The summed E-state index contributed by atoms with van der Waals surface area (Å²) < 4.78 is 1.56. The highest BCUT2D eigenvalue weighted by Crippen LogP contribution is 2.34. The fraction of sp³-hybridized carbons (Fsp3) is 0.292. The van der Waals surface area contributed by atoms with E-state index in [2.05, 4.69) is 20.6 Å². The zero-order chi connectivity index (χ0) is 22.2. The Bertz CT molecular complexity index is 1400. The second-order valence-corrected chi connectivity index (χ2v) is 8.37. The van der Waals surface area contributed by atoms with Gasteiger partial charge < -0.3 is 5.32 Å². The molecule has 2 N–H and O–H groups in total. The number of hydrogen-bond acceptors (Lipinski definition) is 5. The van der Waals surface area contributed by atoms with Crippen LogP contribution < -0.4 is 10.9 Å². The number of carbonyl (C=O) groups is 2. The first-order valence-electron chi connectivity index (χ1n) is 10.8. The number of pyridine rings is 1. The molecule has 0 aliphatic heterocycles. The molecule has 32 heavy (non-hydrogen) atoms. The van der Waals surface area contributed by atoms with Crippen molar-refractivity contribution in [3.63, 3.8) is 0 Å². The van der Waals surface area contributed by atoms with Crippen LogP contribution in [0.3, 0.4) is 0 Å². The van der Waals surface area contributed by atoms with E-state index in [0.29, 0.717) is 22.0 Å². The Morgan fingerprint density at radius 2 is 1.81 bits per heavy atom. The monoisotopic (exact) mass is 429 g/mol. The van der Waals surface area contributed by atoms with Gasteiger partial charge in [-0.3, -0.25) is 14.4 Å². The van der Waals surface area contributed by atoms with Crippen LogP contribution in [0.5, 0.6) is 0 Å². The van der Waals surface area contributed by atoms with Gasteiger partial charge in [0.25, 0.3) is 11.5 Å². The van der Waals surface area contributed by atoms with Crippen molar-refractivity contribution in [3.8, 4) is 0 Å². The lowest BCUT2D eigenvalue weighted by atomic mass is 9.82. The molecule has 1 aliphatic rings. The van der Waals surface area contributed by atoms with Crippen LogP contribution in [0.2, 0.25) is 0 Å². The van der Waals surface area contributed by atoms with E-state index in [9.17, 15) is 14.4 Å². The molecule has 0 radical (unpaired) electrons. The van der Waals surface area contributed by atoms with Crippen molar-refractivity contribution in [2.45, 2.75) is 44.6 Å². The molecule has 4 aromatic rings. The molecule has 0 bridgehead atoms. The van der Waals surface area contributed by atoms with E-state index < -0.39 is 0 Å². The molecule has 162 valence electrons. The molecule has 1 saturated carbocycles. The maximum absolute atomic E-state index is 12.9. The Morgan fingerprint density at radius 1 is 1.06 bits per heavy atom. The first-order valence-corrected chi connectivity index (χ1v) is 10.8. The van der Waals surface area contributed by atoms with Crippen LogP contribution in [0.25, 0.3) is 16.3 Å². The normalized spacial score (nSPS) is 18.7. The standard InChI is InChI=1S/C24H23N5O3/c1-14(30)16-8-11-21-20(12-25-29(21)13-16)23(31)26-17-9-6-15(7-10-17)22-18-4-2-3-5-19(18)24(32)28-27-22/h2-5,8,11-13,15,17H,6-7,9-10H2,1H3,(H,26,31)(H,28,32)/t15-,17-. The summed E-state index contributed by atoms with van der Waals surface area (Å²) in [5, 5.41) is 15.9. The summed E-state index contributed by atoms with van der Waals surface area (Å²) in [7, 11) is 0. The molecule has 3 aromatic heterocycles. The zero-order valence-corrected chi connectivity index (χ0v) is 17.7. The molecule has 8 heteroatoms. The number of fused-ring (bicyclic) bond motifs is 2. The molecule has 1 aliphatic carbocycles. The maximum atomic E-state index is 12.9. The van der Waals surface area contributed by atoms with Crippen molar-refractivity contribution >= 4 is 28.0 Å². The summed E-state index contributed by atoms with van der Waals surface area (Å²) in [5.74, 6) is 0.0356. The summed E-state index contributed by atoms with van der Waals surface area (Å²) in [5.41, 5.74) is 2.47. The topological polar surface area (TPSA) is 109 Å². The largest absolute Gasteiger partial charge is 0.349 e. The van der Waals surface area contributed by atoms with Crippen LogP contribution in [0.4, 0.5) is 0 Å². The summed E-state index contributed by atoms with van der Waals surface area (Å²) in [6.45, 7) is 1.50. The number of H-pyrrole nitrogens is 1. The lowest BCUT2D eigenvalue weighted by molar-refractivity contribution is 0.0926. The van der Waals surface area contributed by atoms with Crippen molar-refractivity contribution in [2.24, 2.45) is 0 Å². The van der Waals surface area contributed by atoms with Crippen LogP contribution in [0, 0.1) is 0 Å². The van der Waals surface area contributed by atoms with Gasteiger partial charge in [-0.15, -0.1) is 0 Å². The summed E-state index contributed by atoms with van der Waals surface area (Å²) in [4.78, 5) is 36.5. The lowest BCUT2D eigenvalue weighted by Crippen LogP contribution is -2.37. The van der Waals surface area contributed by atoms with Gasteiger partial charge in [-0.2, -0.15) is 10.2 Å². The first-order chi connectivity index (χ1) is 15.5. The Labute approximate surface area is 183 Å². The van der Waals surface area contributed by atoms with Crippen molar-refractivity contribution in [2.75, 3.05) is 0 Å². The highest BCUT2D eigenvalue weighted by molar-refractivity contribution is 6.01. The van der Waals surface area contributed by atoms with E-state index in [1.165, 1.54) is 13.1 Å². The molecule has 1 amide bonds. The first kappa shape index (κ1) is 20.1. The Morgan fingerprint density at radius 3 is 2.56 bits per heavy atom. The third kappa shape index (κ3) is 3.57. The van der Waals surface area contributed by atoms with Crippen molar-refractivity contribution < 1.29 is 9.59 Å². The average molecular weight is 429 g/mol. The fourth-order valence-corrected chi connectivity index (χ4v) is 4.59. The number of Topliss-reactive ketones (excluding diaryl/α,β-unsaturated/α-hetero) is 1. The van der Waals surface area contributed by atoms with Gasteiger partial charge in [-0.1, -0.05) is 18.2 Å². The van der Waals surface area contributed by atoms with E-state index in [4.69, 9.17) is 0 Å². The molecular formula is C24H23N5O3. The zero-order valence-electron chi connectivity index (χ0n) is 17.7. The van der Waals surface area contributed by atoms with Gasteiger partial charge in [0, 0.05) is 29.1 Å². The number of carbonyl (C=O) groups excluding carboxylic acids is 2. The second kappa shape index (κ2) is 8.03. The summed E-state index contributed by atoms with van der Waals surface area (Å²) >= 11 is 0. The van der Waals surface area contributed by atoms with E-state index >= 15 is 0 Å². The van der Waals surface area contributed by atoms with Gasteiger partial charge in [0.1, 0.15) is 0 Å². The SMILES string of the molecule is CC(=O)c1ccc2c(C(=O)N[C@H]3CC[C@H](c4n[nH]c(=O)c5ccccc54)CC3)cnn2c1. The molecule has 5 rings (SSSR count). The highest BCUT2D eigenvalue weighted by atomic mass is 16.2. The molecule has 1 aromatic carbocycles. The fourth-order valence-electron chi connectivity index (χ4n) is 4.59. The number of aromatic nitrogens is 4. The molecule has 0 atom stereocenters. The van der Waals surface area contributed by atoms with Gasteiger partial charge in [0.15, 0.2) is 5.78 Å². The number of hydrogen-bond donors (Lipinski definition) is 2. The summed E-state index contributed by atoms with van der Waals surface area (Å²) in [6.07, 6.45) is 6.60. The Balaban J connectivity index is 1.28. The van der Waals surface area contributed by atoms with Gasteiger partial charge in [0.2, 0.25) is 0 Å². The minimum absolute atomic E-state index is 0.0464. The van der Waals surface area contributed by atoms with E-state index in [1.807, 2.05) is 24.3 Å². The Hall–Kier alpha value is -3.81. The third-order valence-electron chi connectivity index (χ3n) is 6.34. The van der Waals surface area contributed by atoms with Crippen molar-refractivity contribution in [1.82, 2.24) is 25.1 Å². The van der Waals surface area contributed by atoms with Gasteiger partial charge in [0.05, 0.1) is 28.4 Å². The van der Waals surface area contributed by atoms with Crippen LogP contribution in [-0.2, 0) is 0 Å². The molecule has 0 spiro atoms. The maximum Gasteiger partial charge on any atom is 0.272 e. The predicted molar refractivity (Wildman–Crippen MR) is 120 cm³/mol. The number of nitrogens with zero attached hydrogens (tertiary/aromatic N) is 3. The van der Waals surface area contributed by atoms with Gasteiger partial charge in [-0.25, -0.2) is 9.61 Å². The summed E-state index contributed by atoms with van der Waals surface area (Å²) in [6, 6.07) is 11.1. The average Bonchev–Trinajstić information content (AvgIpc) is 3.24. The number of rotatable bonds is 4. The van der Waals surface area contributed by atoms with Crippen LogP contribution in [0.15, 0.2) is 53.6 Å². The number of aromatic amines is 1. The van der Waals surface area contributed by atoms with E-state index in [-0.39, 0.29) is 29.2 Å². The number of nitrogens with one attached hydrogen (secondary N) is 2. The van der Waals surface area contributed by atoms with Gasteiger partial charge >= 0.3 is 0 Å². The van der Waals surface area contributed by atoms with E-state index in [1.54, 1.807) is 22.8 Å². The highest BCUT2D eigenvalue weighted by Gasteiger charge is 2.27. The molecule has 0 unspecified atom stereocenters. The molecule has 3 heterocycles. The molecular weight excluding hydrogens is 406 g/mol. The van der Waals surface area contributed by atoms with Crippen LogP contribution in [0.1, 0.15) is 64.9 Å². The predicted octanol–water partition coefficient (Wildman–Crippen LogP) is 3.23. The second-order valence-electron chi connectivity index (χ2n) is 8.37. The Kier molecular flexibility index (Phi) is 5.05. The minimum atomic E-state index is -0.172. The van der Waals surface area contributed by atoms with E-state index in [0.717, 1.165) is 36.8 Å². The molecule has 0 saturated heterocycles. The molecule has 8 nitrogen and oxygen atoms in total. The number of benzene rings is 1. The lowest BCUT2D eigenvalue weighted by Gasteiger charge is -2.29. The molecule has 1 fully saturated rings. The minimum Gasteiger partial charge on any atom is -0.349 e. The van der Waals surface area contributed by atoms with Gasteiger partial charge in [-0.05, 0) is 50.8 Å². The smallest absolute Gasteiger partial charge is 0.272 e. The van der Waals surface area contributed by atoms with Crippen LogP contribution >= 0.6 is 0 Å². The quantitative estimate of drug-likeness (QED) is 0.484. The van der Waals surface area contributed by atoms with Crippen LogP contribution in [-0.4, -0.2) is 37.5 Å². The number of ketones is 1. The van der Waals surface area contributed by atoms with Crippen molar-refractivity contribution in [1.29, 1.82) is 0 Å². The third-order valence-corrected chi connectivity index (χ3v) is 6.34. The number of amides is 1. The van der Waals surface area contributed by atoms with Crippen molar-refractivity contribution in [3.05, 3.63) is 76.0 Å².